The van der Waals surface area contributed by atoms with Gasteiger partial charge in [-0.3, -0.25) is 4.79 Å². The fourth-order valence-corrected chi connectivity index (χ4v) is 3.81. The van der Waals surface area contributed by atoms with Crippen molar-refractivity contribution in [2.45, 2.75) is 24.7 Å². The molecule has 3 atom stereocenters. The van der Waals surface area contributed by atoms with Gasteiger partial charge in [0.25, 0.3) is 0 Å². The maximum atomic E-state index is 13.8. The molecule has 4 N–H and O–H groups in total. The van der Waals surface area contributed by atoms with Crippen molar-refractivity contribution in [3.8, 4) is 11.1 Å². The molecule has 0 saturated carbocycles. The number of aliphatic hydroxyl groups is 1. The SMILES string of the molecule is O=C(C[C@@H]1C=C[C@H](NC(=O)Nc2cc(F)ccc2F)[C@H](CO)O1)Nc1ccc(-c2ccccc2)cc1. The Balaban J connectivity index is 1.30. The van der Waals surface area contributed by atoms with Gasteiger partial charge in [-0.2, -0.15) is 0 Å². The van der Waals surface area contributed by atoms with Crippen LogP contribution in [0.2, 0.25) is 0 Å². The van der Waals surface area contributed by atoms with E-state index in [1.807, 2.05) is 54.6 Å². The fraction of sp³-hybridized carbons (Fsp3) is 0.185. The number of urea groups is 1. The van der Waals surface area contributed by atoms with Gasteiger partial charge >= 0.3 is 6.03 Å². The van der Waals surface area contributed by atoms with E-state index in [-0.39, 0.29) is 18.0 Å². The molecule has 9 heteroatoms. The van der Waals surface area contributed by atoms with E-state index in [0.717, 1.165) is 29.3 Å². The van der Waals surface area contributed by atoms with Gasteiger partial charge in [-0.05, 0) is 35.4 Å². The van der Waals surface area contributed by atoms with Crippen LogP contribution in [0.4, 0.5) is 25.0 Å². The lowest BCUT2D eigenvalue weighted by Crippen LogP contribution is -2.50. The lowest BCUT2D eigenvalue weighted by atomic mass is 10.0. The topological polar surface area (TPSA) is 99.7 Å². The average Bonchev–Trinajstić information content (AvgIpc) is 2.88. The summed E-state index contributed by atoms with van der Waals surface area (Å²) < 4.78 is 32.8. The van der Waals surface area contributed by atoms with E-state index < -0.39 is 42.5 Å². The Bertz CT molecular complexity index is 1240. The van der Waals surface area contributed by atoms with Crippen molar-refractivity contribution >= 4 is 23.3 Å². The minimum absolute atomic E-state index is 0.000850. The number of carbonyl (C=O) groups excluding carboxylic acids is 2. The van der Waals surface area contributed by atoms with Crippen molar-refractivity contribution in [3.05, 3.63) is 96.6 Å². The molecule has 7 nitrogen and oxygen atoms in total. The van der Waals surface area contributed by atoms with E-state index in [4.69, 9.17) is 4.74 Å². The summed E-state index contributed by atoms with van der Waals surface area (Å²) in [6.45, 7) is -0.428. The summed E-state index contributed by atoms with van der Waals surface area (Å²) in [5.41, 5.74) is 2.42. The number of halogens is 2. The summed E-state index contributed by atoms with van der Waals surface area (Å²) in [7, 11) is 0. The first-order chi connectivity index (χ1) is 17.4. The second kappa shape index (κ2) is 11.6. The zero-order valence-corrected chi connectivity index (χ0v) is 19.2. The highest BCUT2D eigenvalue weighted by Crippen LogP contribution is 2.22. The molecule has 0 aliphatic carbocycles. The van der Waals surface area contributed by atoms with Gasteiger partial charge in [0.1, 0.15) is 17.7 Å². The van der Waals surface area contributed by atoms with Gasteiger partial charge in [0.2, 0.25) is 5.91 Å². The van der Waals surface area contributed by atoms with Crippen LogP contribution in [0.1, 0.15) is 6.42 Å². The van der Waals surface area contributed by atoms with Gasteiger partial charge in [-0.1, -0.05) is 54.6 Å². The molecule has 1 aliphatic rings. The molecule has 3 aromatic rings. The van der Waals surface area contributed by atoms with Gasteiger partial charge in [0.05, 0.1) is 30.9 Å². The standard InChI is InChI=1S/C27H25F2N3O4/c28-19-8-12-22(29)24(14-19)32-27(35)31-23-13-11-21(36-25(23)16-33)15-26(34)30-20-9-6-18(7-10-20)17-4-2-1-3-5-17/h1-14,21,23,25,33H,15-16H2,(H,30,34)(H2,31,32,35)/t21-,23-,25-/m0/s1. The number of rotatable bonds is 7. The van der Waals surface area contributed by atoms with Gasteiger partial charge < -0.3 is 25.8 Å². The Morgan fingerprint density at radius 2 is 1.61 bits per heavy atom. The van der Waals surface area contributed by atoms with Crippen LogP contribution in [0, 0.1) is 11.6 Å². The third-order valence-electron chi connectivity index (χ3n) is 5.60. The Morgan fingerprint density at radius 1 is 0.889 bits per heavy atom. The Kier molecular flexibility index (Phi) is 8.04. The Morgan fingerprint density at radius 3 is 2.33 bits per heavy atom. The number of carbonyl (C=O) groups is 2. The zero-order valence-electron chi connectivity index (χ0n) is 19.2. The number of hydrogen-bond acceptors (Lipinski definition) is 4. The highest BCUT2D eigenvalue weighted by Gasteiger charge is 2.29. The van der Waals surface area contributed by atoms with Crippen molar-refractivity contribution < 1.29 is 28.2 Å². The second-order valence-corrected chi connectivity index (χ2v) is 8.22. The van der Waals surface area contributed by atoms with E-state index in [1.54, 1.807) is 12.2 Å². The molecule has 1 heterocycles. The fourth-order valence-electron chi connectivity index (χ4n) is 3.81. The van der Waals surface area contributed by atoms with E-state index >= 15 is 0 Å². The maximum absolute atomic E-state index is 13.8. The Hall–Kier alpha value is -4.08. The van der Waals surface area contributed by atoms with Crippen LogP contribution in [0.15, 0.2) is 84.9 Å². The molecule has 0 aromatic heterocycles. The van der Waals surface area contributed by atoms with Gasteiger partial charge in [0.15, 0.2) is 0 Å². The van der Waals surface area contributed by atoms with Crippen LogP contribution in [-0.2, 0) is 9.53 Å². The highest BCUT2D eigenvalue weighted by molar-refractivity contribution is 5.91. The number of aliphatic hydroxyl groups excluding tert-OH is 1. The van der Waals surface area contributed by atoms with Crippen LogP contribution in [0.3, 0.4) is 0 Å². The van der Waals surface area contributed by atoms with Crippen LogP contribution in [-0.4, -0.2) is 41.9 Å². The molecule has 0 radical (unpaired) electrons. The van der Waals surface area contributed by atoms with Crippen LogP contribution >= 0.6 is 0 Å². The maximum Gasteiger partial charge on any atom is 0.319 e. The van der Waals surface area contributed by atoms with Gasteiger partial charge in [0, 0.05) is 11.8 Å². The van der Waals surface area contributed by atoms with Crippen LogP contribution in [0.25, 0.3) is 11.1 Å². The van der Waals surface area contributed by atoms with Crippen molar-refractivity contribution in [1.29, 1.82) is 0 Å². The van der Waals surface area contributed by atoms with Gasteiger partial charge in [-0.15, -0.1) is 0 Å². The molecule has 3 amide bonds. The summed E-state index contributed by atoms with van der Waals surface area (Å²) in [6, 6.07) is 18.5. The minimum atomic E-state index is -0.832. The minimum Gasteiger partial charge on any atom is -0.394 e. The number of anilines is 2. The van der Waals surface area contributed by atoms with E-state index in [1.165, 1.54) is 0 Å². The lowest BCUT2D eigenvalue weighted by molar-refractivity contribution is -0.120. The Labute approximate surface area is 206 Å². The molecule has 0 unspecified atom stereocenters. The van der Waals surface area contributed by atoms with E-state index in [0.29, 0.717) is 5.69 Å². The molecule has 0 bridgehead atoms. The molecule has 0 fully saturated rings. The predicted molar refractivity (Wildman–Crippen MR) is 132 cm³/mol. The highest BCUT2D eigenvalue weighted by atomic mass is 19.1. The summed E-state index contributed by atoms with van der Waals surface area (Å²) in [4.78, 5) is 24.8. The van der Waals surface area contributed by atoms with Crippen molar-refractivity contribution in [3.63, 3.8) is 0 Å². The number of amides is 3. The van der Waals surface area contributed by atoms with Gasteiger partial charge in [-0.25, -0.2) is 13.6 Å². The quantitative estimate of drug-likeness (QED) is 0.365. The van der Waals surface area contributed by atoms with Crippen LogP contribution < -0.4 is 16.0 Å². The smallest absolute Gasteiger partial charge is 0.319 e. The predicted octanol–water partition coefficient (Wildman–Crippen LogP) is 4.47. The third-order valence-corrected chi connectivity index (χ3v) is 5.60. The summed E-state index contributed by atoms with van der Waals surface area (Å²) >= 11 is 0. The lowest BCUT2D eigenvalue weighted by Gasteiger charge is -2.31. The molecule has 0 saturated heterocycles. The molecular weight excluding hydrogens is 468 g/mol. The first-order valence-corrected chi connectivity index (χ1v) is 11.3. The monoisotopic (exact) mass is 493 g/mol. The van der Waals surface area contributed by atoms with Crippen LogP contribution in [0.5, 0.6) is 0 Å². The molecule has 3 aromatic carbocycles. The number of ether oxygens (including phenoxy) is 1. The normalized spacial score (nSPS) is 18.9. The molecular formula is C27H25F2N3O4. The molecule has 186 valence electrons. The number of benzene rings is 3. The molecule has 4 rings (SSSR count). The van der Waals surface area contributed by atoms with E-state index in [2.05, 4.69) is 16.0 Å². The first kappa shape index (κ1) is 25.0. The van der Waals surface area contributed by atoms with Crippen molar-refractivity contribution in [2.75, 3.05) is 17.2 Å². The van der Waals surface area contributed by atoms with E-state index in [9.17, 15) is 23.5 Å². The van der Waals surface area contributed by atoms with Crippen molar-refractivity contribution in [2.24, 2.45) is 0 Å². The molecule has 0 spiro atoms. The third kappa shape index (κ3) is 6.53. The zero-order chi connectivity index (χ0) is 25.5. The first-order valence-electron chi connectivity index (χ1n) is 11.3. The average molecular weight is 494 g/mol. The molecule has 36 heavy (non-hydrogen) atoms. The van der Waals surface area contributed by atoms with Crippen molar-refractivity contribution in [1.82, 2.24) is 5.32 Å². The summed E-state index contributed by atoms with van der Waals surface area (Å²) in [6.07, 6.45) is 1.76. The number of hydrogen-bond donors (Lipinski definition) is 4. The molecule has 1 aliphatic heterocycles. The largest absolute Gasteiger partial charge is 0.394 e. The number of nitrogens with one attached hydrogen (secondary N) is 3. The summed E-state index contributed by atoms with van der Waals surface area (Å²) in [5, 5.41) is 17.3. The summed E-state index contributed by atoms with van der Waals surface area (Å²) in [5.74, 6) is -1.77. The second-order valence-electron chi connectivity index (χ2n) is 8.22.